The molecular weight excluding hydrogens is 226 g/mol. The second-order valence-corrected chi connectivity index (χ2v) is 5.42. The number of rotatable bonds is 5. The summed E-state index contributed by atoms with van der Waals surface area (Å²) in [6.45, 7) is 3.86. The van der Waals surface area contributed by atoms with Crippen molar-refractivity contribution in [2.75, 3.05) is 0 Å². The summed E-state index contributed by atoms with van der Waals surface area (Å²) in [6, 6.07) is 8.11. The van der Waals surface area contributed by atoms with Crippen molar-refractivity contribution in [1.82, 2.24) is 0 Å². The molecular formula is C15H21NO2. The van der Waals surface area contributed by atoms with Gasteiger partial charge in [0.05, 0.1) is 0 Å². The minimum atomic E-state index is 0.0826. The van der Waals surface area contributed by atoms with E-state index in [0.29, 0.717) is 12.5 Å². The van der Waals surface area contributed by atoms with Crippen molar-refractivity contribution in [1.29, 1.82) is 0 Å². The van der Waals surface area contributed by atoms with Gasteiger partial charge in [0.15, 0.2) is 0 Å². The molecule has 0 atom stereocenters. The molecule has 0 aliphatic heterocycles. The van der Waals surface area contributed by atoms with Crippen LogP contribution in [-0.2, 0) is 11.2 Å². The van der Waals surface area contributed by atoms with Crippen molar-refractivity contribution >= 4 is 5.78 Å². The molecule has 3 nitrogen and oxygen atoms in total. The minimum absolute atomic E-state index is 0.0826. The van der Waals surface area contributed by atoms with Gasteiger partial charge in [0, 0.05) is 18.4 Å². The van der Waals surface area contributed by atoms with Crippen LogP contribution in [0.15, 0.2) is 24.3 Å². The van der Waals surface area contributed by atoms with Crippen LogP contribution >= 0.6 is 0 Å². The number of benzene rings is 1. The van der Waals surface area contributed by atoms with Gasteiger partial charge >= 0.3 is 0 Å². The first-order valence-electron chi connectivity index (χ1n) is 6.58. The summed E-state index contributed by atoms with van der Waals surface area (Å²) in [4.78, 5) is 11.7. The number of ether oxygens (including phenoxy) is 1. The van der Waals surface area contributed by atoms with E-state index in [-0.39, 0.29) is 17.8 Å². The molecule has 1 aromatic carbocycles. The number of carbonyl (C=O) groups excluding carboxylic acids is 1. The van der Waals surface area contributed by atoms with Crippen LogP contribution in [0.25, 0.3) is 0 Å². The fraction of sp³-hybridized carbons (Fsp3) is 0.533. The lowest BCUT2D eigenvalue weighted by atomic mass is 9.90. The van der Waals surface area contributed by atoms with Gasteiger partial charge in [0.25, 0.3) is 0 Å². The molecule has 0 unspecified atom stereocenters. The molecule has 1 aliphatic rings. The molecule has 1 aliphatic carbocycles. The van der Waals surface area contributed by atoms with E-state index < -0.39 is 0 Å². The highest BCUT2D eigenvalue weighted by atomic mass is 16.5. The monoisotopic (exact) mass is 247 g/mol. The van der Waals surface area contributed by atoms with Crippen molar-refractivity contribution in [2.24, 2.45) is 11.7 Å². The molecule has 1 aromatic rings. The lowest BCUT2D eigenvalue weighted by Crippen LogP contribution is -2.43. The van der Waals surface area contributed by atoms with Crippen molar-refractivity contribution in [3.05, 3.63) is 29.8 Å². The van der Waals surface area contributed by atoms with E-state index in [4.69, 9.17) is 10.5 Å². The molecule has 0 amide bonds. The van der Waals surface area contributed by atoms with Gasteiger partial charge in [-0.1, -0.05) is 26.0 Å². The second kappa shape index (κ2) is 5.53. The summed E-state index contributed by atoms with van der Waals surface area (Å²) in [7, 11) is 0. The standard InChI is InChI=1S/C15H21NO2/c1-10(2)15(17)7-11-4-3-5-13(6-11)18-14-8-12(16)9-14/h3-6,10,12,14H,7-9,16H2,1-2H3/t12-,14-. The van der Waals surface area contributed by atoms with E-state index in [0.717, 1.165) is 24.2 Å². The second-order valence-electron chi connectivity index (χ2n) is 5.42. The summed E-state index contributed by atoms with van der Waals surface area (Å²) < 4.78 is 5.81. The fourth-order valence-corrected chi connectivity index (χ4v) is 2.03. The lowest BCUT2D eigenvalue weighted by Gasteiger charge is -2.32. The molecule has 2 N–H and O–H groups in total. The number of Topliss-reactive ketones (excluding diaryl/α,β-unsaturated/α-hetero) is 1. The van der Waals surface area contributed by atoms with Crippen LogP contribution in [0.1, 0.15) is 32.3 Å². The first-order valence-corrected chi connectivity index (χ1v) is 6.58. The van der Waals surface area contributed by atoms with Gasteiger partial charge in [0.2, 0.25) is 0 Å². The highest BCUT2D eigenvalue weighted by molar-refractivity contribution is 5.82. The van der Waals surface area contributed by atoms with Gasteiger partial charge in [-0.2, -0.15) is 0 Å². The van der Waals surface area contributed by atoms with E-state index >= 15 is 0 Å². The van der Waals surface area contributed by atoms with Crippen molar-refractivity contribution in [3.8, 4) is 5.75 Å². The third-order valence-electron chi connectivity index (χ3n) is 3.35. The zero-order valence-electron chi connectivity index (χ0n) is 11.1. The van der Waals surface area contributed by atoms with Crippen molar-refractivity contribution in [2.45, 2.75) is 45.3 Å². The lowest BCUT2D eigenvalue weighted by molar-refractivity contribution is -0.121. The van der Waals surface area contributed by atoms with Crippen LogP contribution in [-0.4, -0.2) is 17.9 Å². The summed E-state index contributed by atoms with van der Waals surface area (Å²) >= 11 is 0. The molecule has 0 bridgehead atoms. The Kier molecular flexibility index (Phi) is 4.02. The van der Waals surface area contributed by atoms with Crippen LogP contribution in [0, 0.1) is 5.92 Å². The van der Waals surface area contributed by atoms with Gasteiger partial charge in [-0.15, -0.1) is 0 Å². The average Bonchev–Trinajstić information content (AvgIpc) is 2.27. The predicted molar refractivity (Wildman–Crippen MR) is 71.6 cm³/mol. The van der Waals surface area contributed by atoms with Gasteiger partial charge in [0.1, 0.15) is 17.6 Å². The molecule has 0 saturated heterocycles. The predicted octanol–water partition coefficient (Wildman–Crippen LogP) is 2.32. The molecule has 1 fully saturated rings. The quantitative estimate of drug-likeness (QED) is 0.868. The zero-order chi connectivity index (χ0) is 13.1. The maximum Gasteiger partial charge on any atom is 0.139 e. The summed E-state index contributed by atoms with van der Waals surface area (Å²) in [5.74, 6) is 1.19. The Morgan fingerprint density at radius 2 is 2.17 bits per heavy atom. The van der Waals surface area contributed by atoms with Crippen LogP contribution in [0.2, 0.25) is 0 Å². The fourth-order valence-electron chi connectivity index (χ4n) is 2.03. The Balaban J connectivity index is 1.94. The van der Waals surface area contributed by atoms with Crippen LogP contribution in [0.3, 0.4) is 0 Å². The van der Waals surface area contributed by atoms with E-state index in [2.05, 4.69) is 0 Å². The van der Waals surface area contributed by atoms with Gasteiger partial charge in [-0.3, -0.25) is 4.79 Å². The molecule has 0 spiro atoms. The van der Waals surface area contributed by atoms with E-state index in [1.165, 1.54) is 0 Å². The van der Waals surface area contributed by atoms with E-state index in [1.54, 1.807) is 0 Å². The van der Waals surface area contributed by atoms with Crippen LogP contribution in [0.5, 0.6) is 5.75 Å². The number of hydrogen-bond acceptors (Lipinski definition) is 3. The molecule has 0 radical (unpaired) electrons. The molecule has 0 aromatic heterocycles. The normalized spacial score (nSPS) is 22.7. The summed E-state index contributed by atoms with van der Waals surface area (Å²) in [5, 5.41) is 0. The molecule has 98 valence electrons. The number of nitrogens with two attached hydrogens (primary N) is 1. The number of carbonyl (C=O) groups is 1. The first kappa shape index (κ1) is 13.1. The van der Waals surface area contributed by atoms with Gasteiger partial charge in [-0.05, 0) is 30.5 Å². The van der Waals surface area contributed by atoms with Crippen LogP contribution in [0.4, 0.5) is 0 Å². The Morgan fingerprint density at radius 3 is 2.78 bits per heavy atom. The first-order chi connectivity index (χ1) is 8.54. The zero-order valence-corrected chi connectivity index (χ0v) is 11.1. The molecule has 3 heteroatoms. The average molecular weight is 247 g/mol. The minimum Gasteiger partial charge on any atom is -0.490 e. The highest BCUT2D eigenvalue weighted by Gasteiger charge is 2.27. The Hall–Kier alpha value is -1.35. The van der Waals surface area contributed by atoms with Crippen molar-refractivity contribution in [3.63, 3.8) is 0 Å². The summed E-state index contributed by atoms with van der Waals surface area (Å²) in [5.41, 5.74) is 6.75. The van der Waals surface area contributed by atoms with E-state index in [9.17, 15) is 4.79 Å². The molecule has 18 heavy (non-hydrogen) atoms. The van der Waals surface area contributed by atoms with E-state index in [1.807, 2.05) is 38.1 Å². The van der Waals surface area contributed by atoms with Gasteiger partial charge < -0.3 is 10.5 Å². The number of hydrogen-bond donors (Lipinski definition) is 1. The molecule has 0 heterocycles. The Bertz CT molecular complexity index is 422. The summed E-state index contributed by atoms with van der Waals surface area (Å²) in [6.07, 6.45) is 2.58. The van der Waals surface area contributed by atoms with Crippen molar-refractivity contribution < 1.29 is 9.53 Å². The Labute approximate surface area is 108 Å². The maximum atomic E-state index is 11.7. The SMILES string of the molecule is CC(C)C(=O)Cc1cccc(O[C@H]2C[C@H](N)C2)c1. The van der Waals surface area contributed by atoms with Crippen LogP contribution < -0.4 is 10.5 Å². The smallest absolute Gasteiger partial charge is 0.139 e. The third kappa shape index (κ3) is 3.33. The highest BCUT2D eigenvalue weighted by Crippen LogP contribution is 2.25. The Morgan fingerprint density at radius 1 is 1.44 bits per heavy atom. The topological polar surface area (TPSA) is 52.3 Å². The largest absolute Gasteiger partial charge is 0.490 e. The maximum absolute atomic E-state index is 11.7. The van der Waals surface area contributed by atoms with Gasteiger partial charge in [-0.25, -0.2) is 0 Å². The number of ketones is 1. The third-order valence-corrected chi connectivity index (χ3v) is 3.35. The molecule has 2 rings (SSSR count). The molecule has 1 saturated carbocycles.